The Kier molecular flexibility index (Phi) is 7.87. The minimum Gasteiger partial charge on any atom is -0.506 e. The monoisotopic (exact) mass is 592 g/mol. The molecule has 3 aromatic rings. The highest BCUT2D eigenvalue weighted by Crippen LogP contribution is 2.32. The van der Waals surface area contributed by atoms with E-state index < -0.39 is 28.8 Å². The summed E-state index contributed by atoms with van der Waals surface area (Å²) in [5, 5.41) is 25.9. The van der Waals surface area contributed by atoms with Crippen LogP contribution in [0.5, 0.6) is 5.75 Å². The molecular weight excluding hydrogens is 562 g/mol. The predicted molar refractivity (Wildman–Crippen MR) is 155 cm³/mol. The van der Waals surface area contributed by atoms with Crippen LogP contribution in [0.2, 0.25) is 0 Å². The number of carboxylic acid groups (broad SMARTS) is 1. The van der Waals surface area contributed by atoms with E-state index in [-0.39, 0.29) is 42.1 Å². The average molecular weight is 593 g/mol. The number of carboxylic acids is 1. The van der Waals surface area contributed by atoms with Gasteiger partial charge in [-0.3, -0.25) is 19.0 Å². The molecule has 5 rings (SSSR count). The summed E-state index contributed by atoms with van der Waals surface area (Å²) < 4.78 is 29.0. The van der Waals surface area contributed by atoms with Gasteiger partial charge in [0.15, 0.2) is 0 Å². The lowest BCUT2D eigenvalue weighted by Gasteiger charge is -2.32. The number of oxime groups is 1. The lowest BCUT2D eigenvalue weighted by atomic mass is 9.91. The quantitative estimate of drug-likeness (QED) is 0.232. The molecule has 1 amide bonds. The number of nitrogens with one attached hydrogen (secondary N) is 1. The number of unbranched alkanes of at least 4 members (excludes halogenated alkanes) is 1. The van der Waals surface area contributed by atoms with Gasteiger partial charge in [0.05, 0.1) is 27.8 Å². The van der Waals surface area contributed by atoms with Crippen molar-refractivity contribution in [2.24, 2.45) is 5.16 Å². The normalized spacial score (nSPS) is 21.3. The van der Waals surface area contributed by atoms with Crippen LogP contribution < -0.4 is 10.9 Å². The van der Waals surface area contributed by atoms with Crippen LogP contribution >= 0.6 is 0 Å². The Bertz CT molecular complexity index is 1780. The molecule has 2 aromatic carbocycles. The van der Waals surface area contributed by atoms with Crippen molar-refractivity contribution < 1.29 is 33.4 Å². The van der Waals surface area contributed by atoms with Crippen LogP contribution in [0.4, 0.5) is 14.5 Å². The van der Waals surface area contributed by atoms with E-state index >= 15 is 0 Å². The van der Waals surface area contributed by atoms with Crippen molar-refractivity contribution >= 4 is 34.2 Å². The number of aromatic nitrogens is 2. The van der Waals surface area contributed by atoms with Crippen molar-refractivity contribution in [1.82, 2.24) is 9.55 Å². The first-order valence-electron chi connectivity index (χ1n) is 13.8. The molecule has 0 radical (unpaired) electrons. The maximum atomic E-state index is 13.9. The number of amides is 1. The molecule has 12 heteroatoms. The van der Waals surface area contributed by atoms with Crippen molar-refractivity contribution in [2.75, 3.05) is 5.32 Å². The van der Waals surface area contributed by atoms with Gasteiger partial charge < -0.3 is 20.4 Å². The van der Waals surface area contributed by atoms with Crippen LogP contribution in [-0.4, -0.2) is 43.0 Å². The number of rotatable bonds is 9. The van der Waals surface area contributed by atoms with Gasteiger partial charge in [-0.1, -0.05) is 17.3 Å². The topological polar surface area (TPSA) is 143 Å². The lowest BCUT2D eigenvalue weighted by molar-refractivity contribution is -0.137. The summed E-state index contributed by atoms with van der Waals surface area (Å²) in [6, 6.07) is 8.13. The van der Waals surface area contributed by atoms with E-state index in [0.717, 1.165) is 18.2 Å². The Morgan fingerprint density at radius 2 is 1.93 bits per heavy atom. The fourth-order valence-corrected chi connectivity index (χ4v) is 5.21. The van der Waals surface area contributed by atoms with Crippen LogP contribution in [0.1, 0.15) is 57.3 Å². The highest BCUT2D eigenvalue weighted by molar-refractivity contribution is 6.09. The molecule has 3 N–H and O–H groups in total. The first-order valence-corrected chi connectivity index (χ1v) is 13.8. The van der Waals surface area contributed by atoms with Crippen LogP contribution in [0.15, 0.2) is 70.4 Å². The van der Waals surface area contributed by atoms with E-state index in [4.69, 9.17) is 14.9 Å². The van der Waals surface area contributed by atoms with E-state index in [2.05, 4.69) is 10.5 Å². The van der Waals surface area contributed by atoms with Gasteiger partial charge in [0.25, 0.3) is 11.5 Å². The Morgan fingerprint density at radius 3 is 2.65 bits per heavy atom. The molecule has 0 spiro atoms. The van der Waals surface area contributed by atoms with E-state index in [0.29, 0.717) is 47.3 Å². The summed E-state index contributed by atoms with van der Waals surface area (Å²) >= 11 is 0. The van der Waals surface area contributed by atoms with Crippen LogP contribution in [0, 0.1) is 5.82 Å². The van der Waals surface area contributed by atoms with Gasteiger partial charge in [-0.2, -0.15) is 0 Å². The minimum atomic E-state index is -1.46. The third kappa shape index (κ3) is 6.04. The second-order valence-corrected chi connectivity index (χ2v) is 11.1. The number of carbonyl (C=O) groups is 2. The number of phenols is 1. The number of aromatic hydroxyl groups is 1. The molecule has 224 valence electrons. The fourth-order valence-electron chi connectivity index (χ4n) is 5.21. The lowest BCUT2D eigenvalue weighted by Crippen LogP contribution is -2.41. The number of halogens is 2. The molecule has 2 heterocycles. The summed E-state index contributed by atoms with van der Waals surface area (Å²) in [6.07, 6.45) is 5.83. The van der Waals surface area contributed by atoms with Crippen molar-refractivity contribution in [3.8, 4) is 5.75 Å². The molecule has 43 heavy (non-hydrogen) atoms. The smallest absolute Gasteiger partial charge is 0.303 e. The summed E-state index contributed by atoms with van der Waals surface area (Å²) in [7, 11) is 0. The van der Waals surface area contributed by atoms with Gasteiger partial charge in [-0.25, -0.2) is 13.8 Å². The molecule has 2 unspecified atom stereocenters. The zero-order valence-corrected chi connectivity index (χ0v) is 23.6. The van der Waals surface area contributed by atoms with Gasteiger partial charge in [-0.15, -0.1) is 0 Å². The molecule has 1 aliphatic carbocycles. The zero-order valence-electron chi connectivity index (χ0n) is 23.6. The number of fused-ring (bicyclic) bond motifs is 1. The molecule has 1 aromatic heterocycles. The molecular formula is C31H30F2N4O6. The minimum absolute atomic E-state index is 0.0158. The number of aryl methyl sites for hydroxylation is 1. The maximum absolute atomic E-state index is 13.9. The second kappa shape index (κ2) is 11.4. The number of hydrogen-bond donors (Lipinski definition) is 3. The standard InChI is InChI=1S/C31H30F2N4O6/c1-30(13-11-19(32)12-14-30)37-26(5-3-4-6-27(39)40)34-22-15-18(7-9-21(22)28(37)41)24-17-31(2,43-36-24)29(42)35-23-16-20(33)8-10-25(23)38/h7-13,15-16,38H,3-6,14,17H2,1-2H3,(H,35,42)(H,39,40). The molecule has 2 aliphatic rings. The van der Waals surface area contributed by atoms with E-state index in [1.54, 1.807) is 28.8 Å². The van der Waals surface area contributed by atoms with Crippen molar-refractivity contribution in [3.63, 3.8) is 0 Å². The van der Waals surface area contributed by atoms with Gasteiger partial charge >= 0.3 is 5.97 Å². The third-order valence-corrected chi connectivity index (χ3v) is 7.69. The molecule has 0 saturated heterocycles. The summed E-state index contributed by atoms with van der Waals surface area (Å²) in [6.45, 7) is 3.33. The zero-order chi connectivity index (χ0) is 30.9. The Balaban J connectivity index is 1.44. The van der Waals surface area contributed by atoms with Crippen molar-refractivity contribution in [3.05, 3.63) is 88.0 Å². The summed E-state index contributed by atoms with van der Waals surface area (Å²) in [4.78, 5) is 48.2. The number of carbonyl (C=O) groups excluding carboxylic acids is 1. The average Bonchev–Trinajstić information content (AvgIpc) is 3.38. The first kappa shape index (κ1) is 29.6. The predicted octanol–water partition coefficient (Wildman–Crippen LogP) is 5.09. The molecule has 0 saturated carbocycles. The number of allylic oxidation sites excluding steroid dienone is 4. The molecule has 1 aliphatic heterocycles. The molecule has 10 nitrogen and oxygen atoms in total. The number of benzene rings is 2. The Labute approximate surface area is 245 Å². The maximum Gasteiger partial charge on any atom is 0.303 e. The molecule has 0 bridgehead atoms. The van der Waals surface area contributed by atoms with E-state index in [9.17, 15) is 28.3 Å². The van der Waals surface area contributed by atoms with Gasteiger partial charge in [-0.05, 0) is 69.5 Å². The summed E-state index contributed by atoms with van der Waals surface area (Å²) in [5.74, 6) is -2.45. The number of aliphatic carboxylic acids is 1. The van der Waals surface area contributed by atoms with Crippen LogP contribution in [0.3, 0.4) is 0 Å². The Hall–Kier alpha value is -4.87. The number of phenolic OH excluding ortho intramolecular Hbond substituents is 1. The highest BCUT2D eigenvalue weighted by atomic mass is 19.1. The SMILES string of the molecule is CC1(C(=O)Nc2cc(F)ccc2O)CC(c2ccc3c(=O)n(C4(C)C=CC(F)=CC4)c(CCCCC(=O)O)nc3c2)=NO1. The van der Waals surface area contributed by atoms with Crippen molar-refractivity contribution in [2.45, 2.75) is 63.5 Å². The third-order valence-electron chi connectivity index (χ3n) is 7.69. The van der Waals surface area contributed by atoms with Crippen molar-refractivity contribution in [1.29, 1.82) is 0 Å². The van der Waals surface area contributed by atoms with Gasteiger partial charge in [0.2, 0.25) is 5.60 Å². The fraction of sp³-hybridized carbons (Fsp3) is 0.323. The number of hydrogen-bond acceptors (Lipinski definition) is 7. The van der Waals surface area contributed by atoms with Crippen LogP contribution in [-0.2, 0) is 26.4 Å². The first-order chi connectivity index (χ1) is 20.4. The second-order valence-electron chi connectivity index (χ2n) is 11.1. The molecule has 2 atom stereocenters. The van der Waals surface area contributed by atoms with E-state index in [1.165, 1.54) is 19.1 Å². The number of nitrogens with zero attached hydrogens (tertiary/aromatic N) is 3. The Morgan fingerprint density at radius 1 is 1.14 bits per heavy atom. The van der Waals surface area contributed by atoms with Crippen LogP contribution in [0.25, 0.3) is 10.9 Å². The largest absolute Gasteiger partial charge is 0.506 e. The number of anilines is 1. The highest BCUT2D eigenvalue weighted by Gasteiger charge is 2.42. The van der Waals surface area contributed by atoms with E-state index in [1.807, 2.05) is 6.92 Å². The van der Waals surface area contributed by atoms with Gasteiger partial charge in [0.1, 0.15) is 23.2 Å². The van der Waals surface area contributed by atoms with Gasteiger partial charge in [0, 0.05) is 30.9 Å². The molecule has 0 fully saturated rings. The summed E-state index contributed by atoms with van der Waals surface area (Å²) in [5.41, 5.74) is -1.40.